The first-order valence-electron chi connectivity index (χ1n) is 9.87. The van der Waals surface area contributed by atoms with Gasteiger partial charge in [0.25, 0.3) is 0 Å². The first-order valence-corrected chi connectivity index (χ1v) is 11.6. The van der Waals surface area contributed by atoms with Crippen molar-refractivity contribution >= 4 is 52.0 Å². The lowest BCUT2D eigenvalue weighted by Gasteiger charge is -2.31. The van der Waals surface area contributed by atoms with Gasteiger partial charge in [0.05, 0.1) is 24.0 Å². The van der Waals surface area contributed by atoms with E-state index in [1.165, 1.54) is 11.8 Å². The summed E-state index contributed by atoms with van der Waals surface area (Å²) >= 11 is 2.07. The number of benzene rings is 1. The van der Waals surface area contributed by atoms with Gasteiger partial charge in [0.15, 0.2) is 10.9 Å². The summed E-state index contributed by atoms with van der Waals surface area (Å²) in [5.41, 5.74) is 7.07. The smallest absolute Gasteiger partial charge is 0.326 e. The highest BCUT2D eigenvalue weighted by Gasteiger charge is 2.47. The molecule has 1 heterocycles. The van der Waals surface area contributed by atoms with Crippen LogP contribution in [0.25, 0.3) is 0 Å². The maximum Gasteiger partial charge on any atom is 0.326 e. The number of ether oxygens (including phenoxy) is 1. The van der Waals surface area contributed by atoms with E-state index in [-0.39, 0.29) is 36.4 Å². The van der Waals surface area contributed by atoms with E-state index >= 15 is 0 Å². The van der Waals surface area contributed by atoms with Crippen LogP contribution in [0.5, 0.6) is 0 Å². The molecule has 30 heavy (non-hydrogen) atoms. The van der Waals surface area contributed by atoms with Crippen LogP contribution in [-0.4, -0.2) is 46.0 Å². The van der Waals surface area contributed by atoms with E-state index in [9.17, 15) is 19.2 Å². The molecular weight excluding hydrogens is 424 g/mol. The number of fused-ring (bicyclic) bond motifs is 1. The standard InChI is InChI=1S/C21H28N2O5S2/c1-5-13(3)19(29-14(4)24)20(27)21(22)11-17(25)23(12-18(26)28-6-2)15-9-7-8-10-16(15)30-21/h7-10,13,19H,5-6,11-12,22H2,1-4H3/t13?,19?,21-/m0/s1. The predicted molar refractivity (Wildman–Crippen MR) is 119 cm³/mol. The van der Waals surface area contributed by atoms with E-state index in [2.05, 4.69) is 0 Å². The van der Waals surface area contributed by atoms with E-state index in [0.29, 0.717) is 17.0 Å². The molecule has 1 aromatic carbocycles. The number of carbonyl (C=O) groups is 4. The summed E-state index contributed by atoms with van der Waals surface area (Å²) in [6.45, 7) is 6.89. The van der Waals surface area contributed by atoms with Crippen LogP contribution in [0.1, 0.15) is 40.5 Å². The molecule has 0 spiro atoms. The van der Waals surface area contributed by atoms with E-state index in [4.69, 9.17) is 10.5 Å². The number of nitrogens with zero attached hydrogens (tertiary/aromatic N) is 1. The number of hydrogen-bond donors (Lipinski definition) is 1. The average Bonchev–Trinajstić information content (AvgIpc) is 2.79. The number of anilines is 1. The number of para-hydroxylation sites is 1. The van der Waals surface area contributed by atoms with Gasteiger partial charge in [-0.25, -0.2) is 0 Å². The molecule has 0 fully saturated rings. The van der Waals surface area contributed by atoms with Gasteiger partial charge in [-0.05, 0) is 25.0 Å². The second kappa shape index (κ2) is 10.5. The molecule has 2 rings (SSSR count). The molecule has 9 heteroatoms. The summed E-state index contributed by atoms with van der Waals surface area (Å²) in [6, 6.07) is 7.02. The van der Waals surface area contributed by atoms with Crippen LogP contribution in [-0.2, 0) is 23.9 Å². The molecule has 0 saturated heterocycles. The lowest BCUT2D eigenvalue weighted by atomic mass is 9.95. The molecule has 0 aromatic heterocycles. The Morgan fingerprint density at radius 3 is 2.57 bits per heavy atom. The second-order valence-electron chi connectivity index (χ2n) is 7.20. The SMILES string of the molecule is CCOC(=O)CN1C(=O)C[C@@](N)(C(=O)C(SC(C)=O)C(C)CC)Sc2ccccc21. The van der Waals surface area contributed by atoms with Gasteiger partial charge in [0.1, 0.15) is 11.4 Å². The Morgan fingerprint density at radius 1 is 1.30 bits per heavy atom. The van der Waals surface area contributed by atoms with Gasteiger partial charge in [0, 0.05) is 11.8 Å². The molecule has 0 bridgehead atoms. The molecule has 0 saturated carbocycles. The zero-order valence-electron chi connectivity index (χ0n) is 17.7. The van der Waals surface area contributed by atoms with Crippen LogP contribution in [0.4, 0.5) is 5.69 Å². The highest BCUT2D eigenvalue weighted by atomic mass is 32.2. The fraction of sp³-hybridized carbons (Fsp3) is 0.524. The van der Waals surface area contributed by atoms with Gasteiger partial charge in [-0.15, -0.1) is 0 Å². The first kappa shape index (κ1) is 24.4. The molecule has 0 aliphatic carbocycles. The monoisotopic (exact) mass is 452 g/mol. The van der Waals surface area contributed by atoms with Crippen molar-refractivity contribution in [3.05, 3.63) is 24.3 Å². The van der Waals surface area contributed by atoms with Crippen LogP contribution in [0, 0.1) is 5.92 Å². The molecular formula is C21H28N2O5S2. The zero-order chi connectivity index (χ0) is 22.5. The maximum absolute atomic E-state index is 13.5. The van der Waals surface area contributed by atoms with Gasteiger partial charge in [-0.1, -0.05) is 55.9 Å². The number of rotatable bonds is 8. The molecule has 7 nitrogen and oxygen atoms in total. The number of ketones is 1. The minimum absolute atomic E-state index is 0.0864. The fourth-order valence-corrected chi connectivity index (χ4v) is 5.58. The quantitative estimate of drug-likeness (QED) is 0.600. The molecule has 2 unspecified atom stereocenters. The third-order valence-corrected chi connectivity index (χ3v) is 7.42. The predicted octanol–water partition coefficient (Wildman–Crippen LogP) is 3.00. The molecule has 3 atom stereocenters. The lowest BCUT2D eigenvalue weighted by molar-refractivity contribution is -0.142. The summed E-state index contributed by atoms with van der Waals surface area (Å²) in [4.78, 5) is 50.9. The van der Waals surface area contributed by atoms with E-state index in [0.717, 1.165) is 23.5 Å². The van der Waals surface area contributed by atoms with Crippen LogP contribution in [0.2, 0.25) is 0 Å². The highest BCUT2D eigenvalue weighted by Crippen LogP contribution is 2.44. The Balaban J connectivity index is 2.44. The van der Waals surface area contributed by atoms with Gasteiger partial charge in [-0.2, -0.15) is 0 Å². The summed E-state index contributed by atoms with van der Waals surface area (Å²) in [6.07, 6.45) is 0.410. The summed E-state index contributed by atoms with van der Waals surface area (Å²) in [5.74, 6) is -1.40. The Hall–Kier alpha value is -1.84. The largest absolute Gasteiger partial charge is 0.465 e. The van der Waals surface area contributed by atoms with E-state index in [1.807, 2.05) is 13.8 Å². The van der Waals surface area contributed by atoms with Crippen molar-refractivity contribution in [2.75, 3.05) is 18.1 Å². The minimum Gasteiger partial charge on any atom is -0.465 e. The third-order valence-electron chi connectivity index (χ3n) is 4.88. The Bertz CT molecular complexity index is 831. The van der Waals surface area contributed by atoms with Crippen LogP contribution in [0.15, 0.2) is 29.2 Å². The second-order valence-corrected chi connectivity index (χ2v) is 9.89. The number of amides is 1. The summed E-state index contributed by atoms with van der Waals surface area (Å²) in [7, 11) is 0. The molecule has 0 radical (unpaired) electrons. The maximum atomic E-state index is 13.5. The van der Waals surface area contributed by atoms with Crippen LogP contribution < -0.4 is 10.6 Å². The number of hydrogen-bond acceptors (Lipinski definition) is 8. The molecule has 1 aromatic rings. The number of esters is 1. The van der Waals surface area contributed by atoms with E-state index < -0.39 is 22.0 Å². The van der Waals surface area contributed by atoms with Crippen molar-refractivity contribution < 1.29 is 23.9 Å². The third kappa shape index (κ3) is 5.65. The molecule has 164 valence electrons. The van der Waals surface area contributed by atoms with Crippen LogP contribution in [0.3, 0.4) is 0 Å². The Morgan fingerprint density at radius 2 is 1.97 bits per heavy atom. The van der Waals surface area contributed by atoms with Gasteiger partial charge >= 0.3 is 5.97 Å². The number of carbonyl (C=O) groups excluding carboxylic acids is 4. The Kier molecular flexibility index (Phi) is 8.52. The van der Waals surface area contributed by atoms with Gasteiger partial charge in [-0.3, -0.25) is 24.1 Å². The fourth-order valence-electron chi connectivity index (χ4n) is 3.16. The number of nitrogens with two attached hydrogens (primary N) is 1. The van der Waals surface area contributed by atoms with Crippen molar-refractivity contribution in [2.24, 2.45) is 11.7 Å². The van der Waals surface area contributed by atoms with Crippen molar-refractivity contribution in [2.45, 2.75) is 55.6 Å². The lowest BCUT2D eigenvalue weighted by Crippen LogP contribution is -2.53. The van der Waals surface area contributed by atoms with Crippen LogP contribution >= 0.6 is 23.5 Å². The zero-order valence-corrected chi connectivity index (χ0v) is 19.3. The summed E-state index contributed by atoms with van der Waals surface area (Å²) in [5, 5.41) is -0.826. The van der Waals surface area contributed by atoms with Crippen molar-refractivity contribution in [1.29, 1.82) is 0 Å². The van der Waals surface area contributed by atoms with Crippen molar-refractivity contribution in [1.82, 2.24) is 0 Å². The Labute approximate surface area is 185 Å². The van der Waals surface area contributed by atoms with E-state index in [1.54, 1.807) is 31.2 Å². The van der Waals surface area contributed by atoms with Gasteiger partial charge < -0.3 is 10.5 Å². The normalized spacial score (nSPS) is 20.7. The van der Waals surface area contributed by atoms with Crippen molar-refractivity contribution in [3.63, 3.8) is 0 Å². The highest BCUT2D eigenvalue weighted by molar-refractivity contribution is 8.14. The first-order chi connectivity index (χ1) is 14.1. The number of Topliss-reactive ketones (excluding diaryl/α,β-unsaturated/α-hetero) is 1. The van der Waals surface area contributed by atoms with Crippen molar-refractivity contribution in [3.8, 4) is 0 Å². The summed E-state index contributed by atoms with van der Waals surface area (Å²) < 4.78 is 5.00. The minimum atomic E-state index is -1.55. The average molecular weight is 453 g/mol. The molecule has 1 aliphatic heterocycles. The molecule has 1 amide bonds. The molecule has 1 aliphatic rings. The number of thioether (sulfide) groups is 2. The topological polar surface area (TPSA) is 107 Å². The molecule has 2 N–H and O–H groups in total. The van der Waals surface area contributed by atoms with Gasteiger partial charge in [0.2, 0.25) is 5.91 Å².